The van der Waals surface area contributed by atoms with E-state index in [1.165, 1.54) is 16.7 Å². The summed E-state index contributed by atoms with van der Waals surface area (Å²) in [5, 5.41) is 6.62. The van der Waals surface area contributed by atoms with Crippen LogP contribution in [0.1, 0.15) is 45.8 Å². The number of nitrogens with zero attached hydrogens (tertiary/aromatic N) is 4. The van der Waals surface area contributed by atoms with Crippen LogP contribution in [-0.4, -0.2) is 71.7 Å². The number of carbonyl (C=O) groups excluding carboxylic acids is 2. The highest BCUT2D eigenvalue weighted by atomic mass is 16.5. The summed E-state index contributed by atoms with van der Waals surface area (Å²) in [5.41, 5.74) is 5.75. The number of hydrogen-bond acceptors (Lipinski definition) is 5. The minimum atomic E-state index is -0.480. The molecule has 2 unspecified atom stereocenters. The van der Waals surface area contributed by atoms with Crippen molar-refractivity contribution >= 4 is 11.9 Å². The van der Waals surface area contributed by atoms with E-state index in [0.717, 1.165) is 23.4 Å². The summed E-state index contributed by atoms with van der Waals surface area (Å²) in [6.45, 7) is 1.79. The minimum absolute atomic E-state index is 0.0187. The number of amides is 3. The third-order valence-corrected chi connectivity index (χ3v) is 9.24. The van der Waals surface area contributed by atoms with Crippen molar-refractivity contribution in [1.82, 2.24) is 25.1 Å². The molecule has 4 aromatic rings. The lowest BCUT2D eigenvalue weighted by molar-refractivity contribution is -0.188. The van der Waals surface area contributed by atoms with Crippen molar-refractivity contribution in [2.45, 2.75) is 30.7 Å². The molecule has 0 aromatic heterocycles. The number of likely N-dealkylation sites (N-methyl/N-ethyl adjacent to an activating group) is 1. The molecule has 224 valence electrons. The van der Waals surface area contributed by atoms with Gasteiger partial charge in [0.2, 0.25) is 5.91 Å². The standard InChI is InChI=1S/C36H37N5O3/c1-38-24-33(42)40-32(41(38)36(43)37-21-25-16-18-30(44-2)19-17-25)23-39-22-31(26-10-5-3-6-11-26)28-14-9-15-29(20-28)34(39)35(40)27-12-7-4-8-13-27/h3-20,31-32,34-35H,21-24H2,1-2H3,(H,37,43)/t31?,32-,34?,35-/m0/s1. The molecule has 2 bridgehead atoms. The van der Waals surface area contributed by atoms with Crippen LogP contribution in [0.4, 0.5) is 4.79 Å². The third-order valence-electron chi connectivity index (χ3n) is 9.24. The van der Waals surface area contributed by atoms with Crippen LogP contribution in [0.5, 0.6) is 5.75 Å². The molecule has 1 N–H and O–H groups in total. The molecule has 3 heterocycles. The Morgan fingerprint density at radius 3 is 2.16 bits per heavy atom. The average Bonchev–Trinajstić information content (AvgIpc) is 3.16. The molecule has 3 amide bonds. The maximum absolute atomic E-state index is 14.0. The predicted octanol–water partition coefficient (Wildman–Crippen LogP) is 5.17. The lowest BCUT2D eigenvalue weighted by atomic mass is 9.87. The quantitative estimate of drug-likeness (QED) is 0.349. The zero-order valence-electron chi connectivity index (χ0n) is 25.0. The first-order valence-electron chi connectivity index (χ1n) is 15.2. The fraction of sp³-hybridized carbons (Fsp3) is 0.278. The van der Waals surface area contributed by atoms with Gasteiger partial charge in [0, 0.05) is 32.6 Å². The molecule has 2 saturated heterocycles. The lowest BCUT2D eigenvalue weighted by Crippen LogP contribution is -2.73. The predicted molar refractivity (Wildman–Crippen MR) is 169 cm³/mol. The summed E-state index contributed by atoms with van der Waals surface area (Å²) < 4.78 is 5.28. The molecule has 3 aliphatic rings. The normalized spacial score (nSPS) is 23.4. The van der Waals surface area contributed by atoms with E-state index in [1.54, 1.807) is 17.1 Å². The number of nitrogens with one attached hydrogen (secondary N) is 1. The fourth-order valence-corrected chi connectivity index (χ4v) is 7.20. The molecule has 0 spiro atoms. The summed E-state index contributed by atoms with van der Waals surface area (Å²) in [5.74, 6) is 0.953. The first-order valence-corrected chi connectivity index (χ1v) is 15.2. The number of rotatable bonds is 5. The van der Waals surface area contributed by atoms with E-state index < -0.39 is 6.17 Å². The Hall–Kier alpha value is -4.66. The largest absolute Gasteiger partial charge is 0.497 e. The second-order valence-corrected chi connectivity index (χ2v) is 11.8. The summed E-state index contributed by atoms with van der Waals surface area (Å²) in [4.78, 5) is 32.4. The summed E-state index contributed by atoms with van der Waals surface area (Å²) in [6.07, 6.45) is -0.480. The number of hydrogen-bond donors (Lipinski definition) is 1. The molecule has 7 rings (SSSR count). The number of piperazine rings is 1. The molecule has 4 aromatic carbocycles. The molecular formula is C36H37N5O3. The molecule has 0 saturated carbocycles. The van der Waals surface area contributed by atoms with Gasteiger partial charge < -0.3 is 15.0 Å². The first kappa shape index (κ1) is 28.1. The van der Waals surface area contributed by atoms with Gasteiger partial charge in [0.25, 0.3) is 0 Å². The number of hydrazine groups is 1. The molecular weight excluding hydrogens is 550 g/mol. The smallest absolute Gasteiger partial charge is 0.334 e. The van der Waals surface area contributed by atoms with Crippen molar-refractivity contribution in [2.24, 2.45) is 0 Å². The Bertz CT molecular complexity index is 1630. The number of fused-ring (bicyclic) bond motifs is 5. The molecule has 44 heavy (non-hydrogen) atoms. The summed E-state index contributed by atoms with van der Waals surface area (Å²) in [7, 11) is 3.46. The monoisotopic (exact) mass is 587 g/mol. The number of methoxy groups -OCH3 is 1. The second-order valence-electron chi connectivity index (χ2n) is 11.8. The minimum Gasteiger partial charge on any atom is -0.497 e. The van der Waals surface area contributed by atoms with Gasteiger partial charge in [-0.2, -0.15) is 0 Å². The van der Waals surface area contributed by atoms with Gasteiger partial charge in [-0.05, 0) is 39.9 Å². The van der Waals surface area contributed by atoms with Crippen molar-refractivity contribution in [1.29, 1.82) is 0 Å². The van der Waals surface area contributed by atoms with E-state index >= 15 is 0 Å². The van der Waals surface area contributed by atoms with Gasteiger partial charge >= 0.3 is 6.03 Å². The van der Waals surface area contributed by atoms with Crippen LogP contribution in [0.2, 0.25) is 0 Å². The molecule has 0 radical (unpaired) electrons. The highest BCUT2D eigenvalue weighted by Crippen LogP contribution is 2.48. The van der Waals surface area contributed by atoms with Crippen molar-refractivity contribution in [3.63, 3.8) is 0 Å². The van der Waals surface area contributed by atoms with Crippen LogP contribution >= 0.6 is 0 Å². The second kappa shape index (κ2) is 11.8. The van der Waals surface area contributed by atoms with E-state index in [-0.39, 0.29) is 36.5 Å². The highest BCUT2D eigenvalue weighted by molar-refractivity contribution is 5.83. The third kappa shape index (κ3) is 5.10. The summed E-state index contributed by atoms with van der Waals surface area (Å²) in [6, 6.07) is 36.9. The Morgan fingerprint density at radius 1 is 0.795 bits per heavy atom. The van der Waals surface area contributed by atoms with Gasteiger partial charge in [-0.15, -0.1) is 0 Å². The number of benzene rings is 4. The van der Waals surface area contributed by atoms with Gasteiger partial charge in [0.05, 0.1) is 25.7 Å². The maximum atomic E-state index is 14.0. The van der Waals surface area contributed by atoms with E-state index in [9.17, 15) is 9.59 Å². The Kier molecular flexibility index (Phi) is 7.54. The van der Waals surface area contributed by atoms with Crippen molar-refractivity contribution in [3.8, 4) is 5.75 Å². The van der Waals surface area contributed by atoms with Crippen molar-refractivity contribution in [3.05, 3.63) is 137 Å². The van der Waals surface area contributed by atoms with E-state index in [4.69, 9.17) is 4.74 Å². The topological polar surface area (TPSA) is 68.4 Å². The van der Waals surface area contributed by atoms with Crippen LogP contribution in [0.3, 0.4) is 0 Å². The number of urea groups is 1. The van der Waals surface area contributed by atoms with E-state index in [0.29, 0.717) is 13.1 Å². The molecule has 2 fully saturated rings. The zero-order chi connectivity index (χ0) is 30.2. The van der Waals surface area contributed by atoms with Gasteiger partial charge in [-0.1, -0.05) is 97.1 Å². The number of ether oxygens (including phenoxy) is 1. The van der Waals surface area contributed by atoms with Crippen LogP contribution in [0.25, 0.3) is 0 Å². The van der Waals surface area contributed by atoms with E-state index in [1.807, 2.05) is 54.4 Å². The van der Waals surface area contributed by atoms with Crippen molar-refractivity contribution < 1.29 is 14.3 Å². The molecule has 8 heteroatoms. The lowest BCUT2D eigenvalue weighted by Gasteiger charge is -2.58. The Balaban J connectivity index is 1.27. The molecule has 8 nitrogen and oxygen atoms in total. The van der Waals surface area contributed by atoms with Crippen molar-refractivity contribution in [2.75, 3.05) is 33.8 Å². The van der Waals surface area contributed by atoms with Crippen LogP contribution in [0, 0.1) is 0 Å². The Morgan fingerprint density at radius 2 is 1.45 bits per heavy atom. The van der Waals surface area contributed by atoms with Crippen LogP contribution < -0.4 is 10.1 Å². The maximum Gasteiger partial charge on any atom is 0.334 e. The first-order chi connectivity index (χ1) is 21.5. The molecule has 3 aliphatic heterocycles. The molecule has 4 atom stereocenters. The Labute approximate surface area is 258 Å². The van der Waals surface area contributed by atoms with Gasteiger partial charge in [0.1, 0.15) is 11.9 Å². The van der Waals surface area contributed by atoms with Gasteiger partial charge in [-0.3, -0.25) is 9.69 Å². The van der Waals surface area contributed by atoms with Gasteiger partial charge in [0.15, 0.2) is 0 Å². The SMILES string of the molecule is COc1ccc(CNC(=O)N2[C@H]3CN4CC(c5ccccc5)c5cccc(c5)C4[C@H](c4ccccc4)N3C(=O)CN2C)cc1. The zero-order valence-corrected chi connectivity index (χ0v) is 25.0. The van der Waals surface area contributed by atoms with Crippen LogP contribution in [0.15, 0.2) is 109 Å². The highest BCUT2D eigenvalue weighted by Gasteiger charge is 2.52. The summed E-state index contributed by atoms with van der Waals surface area (Å²) >= 11 is 0. The molecule has 0 aliphatic carbocycles. The van der Waals surface area contributed by atoms with E-state index in [2.05, 4.69) is 76.9 Å². The average molecular weight is 588 g/mol. The van der Waals surface area contributed by atoms with Gasteiger partial charge in [-0.25, -0.2) is 14.8 Å². The van der Waals surface area contributed by atoms with Crippen LogP contribution in [-0.2, 0) is 11.3 Å². The fourth-order valence-electron chi connectivity index (χ4n) is 7.20. The number of carbonyl (C=O) groups is 2.